The normalized spacial score (nSPS) is 17.2. The number of nitrogens with one attached hydrogen (secondary N) is 3. The lowest BCUT2D eigenvalue weighted by molar-refractivity contribution is -0.122. The van der Waals surface area contributed by atoms with Crippen LogP contribution in [0.2, 0.25) is 0 Å². The Morgan fingerprint density at radius 3 is 2.43 bits per heavy atom. The fourth-order valence-electron chi connectivity index (χ4n) is 3.22. The Morgan fingerprint density at radius 2 is 1.90 bits per heavy atom. The van der Waals surface area contributed by atoms with Crippen LogP contribution in [-0.4, -0.2) is 92.8 Å². The van der Waals surface area contributed by atoms with Crippen molar-refractivity contribution in [2.24, 2.45) is 10.9 Å². The fraction of sp³-hybridized carbons (Fsp3) is 0.857. The van der Waals surface area contributed by atoms with Gasteiger partial charge in [-0.2, -0.15) is 0 Å². The highest BCUT2D eigenvalue weighted by Crippen LogP contribution is 2.11. The van der Waals surface area contributed by atoms with E-state index in [0.717, 1.165) is 38.4 Å². The molecule has 1 fully saturated rings. The summed E-state index contributed by atoms with van der Waals surface area (Å²) in [5.41, 5.74) is -0.495. The van der Waals surface area contributed by atoms with Crippen LogP contribution in [-0.2, 0) is 9.53 Å². The molecule has 1 rings (SSSR count). The molecule has 3 N–H and O–H groups in total. The maximum Gasteiger partial charge on any atom is 0.410 e. The number of guanidine groups is 1. The third kappa shape index (κ3) is 10.7. The van der Waals surface area contributed by atoms with E-state index in [-0.39, 0.29) is 17.9 Å². The molecule has 9 heteroatoms. The zero-order chi connectivity index (χ0) is 22.7. The Bertz CT molecular complexity index is 568. The smallest absolute Gasteiger partial charge is 0.410 e. The van der Waals surface area contributed by atoms with E-state index >= 15 is 0 Å². The van der Waals surface area contributed by atoms with E-state index in [1.54, 1.807) is 19.0 Å². The number of ether oxygens (including phenoxy) is 1. The van der Waals surface area contributed by atoms with E-state index in [1.807, 2.05) is 27.7 Å². The third-order valence-corrected chi connectivity index (χ3v) is 4.77. The largest absolute Gasteiger partial charge is 0.444 e. The summed E-state index contributed by atoms with van der Waals surface area (Å²) in [5, 5.41) is 9.49. The Kier molecular flexibility index (Phi) is 10.9. The first-order valence-electron chi connectivity index (χ1n) is 11.0. The number of hydrogen-bond donors (Lipinski definition) is 3. The van der Waals surface area contributed by atoms with Gasteiger partial charge in [0.2, 0.25) is 5.91 Å². The molecular weight excluding hydrogens is 384 g/mol. The van der Waals surface area contributed by atoms with Crippen molar-refractivity contribution in [3.05, 3.63) is 0 Å². The molecule has 1 heterocycles. The van der Waals surface area contributed by atoms with Gasteiger partial charge in [-0.3, -0.25) is 14.7 Å². The van der Waals surface area contributed by atoms with Crippen molar-refractivity contribution in [1.82, 2.24) is 25.8 Å². The highest BCUT2D eigenvalue weighted by Gasteiger charge is 2.22. The average Bonchev–Trinajstić information content (AvgIpc) is 2.66. The highest BCUT2D eigenvalue weighted by molar-refractivity contribution is 5.80. The molecule has 0 spiro atoms. The first-order chi connectivity index (χ1) is 14.0. The van der Waals surface area contributed by atoms with Crippen molar-refractivity contribution < 1.29 is 14.3 Å². The molecule has 9 nitrogen and oxygen atoms in total. The number of rotatable bonds is 8. The maximum atomic E-state index is 12.1. The van der Waals surface area contributed by atoms with Gasteiger partial charge in [-0.15, -0.1) is 0 Å². The standard InChI is InChI=1S/C21H42N6O3/c1-8-23-19(25-17-9-11-27(12-10-17)15-18(28)22-6)24-13-16(2)14-26(7)20(29)30-21(3,4)5/h16-17H,8-15H2,1-7H3,(H,22,28)(H2,23,24,25). The van der Waals surface area contributed by atoms with E-state index in [1.165, 1.54) is 0 Å². The summed E-state index contributed by atoms with van der Waals surface area (Å²) in [6, 6.07) is 0.337. The molecule has 1 unspecified atom stereocenters. The number of piperidine rings is 1. The molecule has 1 saturated heterocycles. The van der Waals surface area contributed by atoms with Gasteiger partial charge in [0, 0.05) is 52.9 Å². The van der Waals surface area contributed by atoms with Crippen LogP contribution in [0.25, 0.3) is 0 Å². The number of likely N-dealkylation sites (N-methyl/N-ethyl adjacent to an activating group) is 1. The second-order valence-corrected chi connectivity index (χ2v) is 9.05. The second kappa shape index (κ2) is 12.6. The van der Waals surface area contributed by atoms with E-state index in [4.69, 9.17) is 9.73 Å². The van der Waals surface area contributed by atoms with Crippen molar-refractivity contribution in [1.29, 1.82) is 0 Å². The van der Waals surface area contributed by atoms with Gasteiger partial charge in [0.1, 0.15) is 5.60 Å². The summed E-state index contributed by atoms with van der Waals surface area (Å²) in [6.45, 7) is 13.9. The molecule has 0 bridgehead atoms. The summed E-state index contributed by atoms with van der Waals surface area (Å²) in [7, 11) is 3.42. The molecule has 0 saturated carbocycles. The van der Waals surface area contributed by atoms with Gasteiger partial charge >= 0.3 is 6.09 Å². The number of aliphatic imine (C=N–C) groups is 1. The zero-order valence-electron chi connectivity index (χ0n) is 19.9. The summed E-state index contributed by atoms with van der Waals surface area (Å²) < 4.78 is 5.40. The number of carbonyl (C=O) groups is 2. The summed E-state index contributed by atoms with van der Waals surface area (Å²) in [5.74, 6) is 1.06. The molecule has 0 aromatic heterocycles. The van der Waals surface area contributed by atoms with Crippen LogP contribution >= 0.6 is 0 Å². The Balaban J connectivity index is 2.48. The molecule has 0 aliphatic carbocycles. The third-order valence-electron chi connectivity index (χ3n) is 4.77. The Labute approximate surface area is 182 Å². The lowest BCUT2D eigenvalue weighted by atomic mass is 10.1. The zero-order valence-corrected chi connectivity index (χ0v) is 19.9. The van der Waals surface area contributed by atoms with Crippen LogP contribution in [0, 0.1) is 5.92 Å². The predicted octanol–water partition coefficient (Wildman–Crippen LogP) is 1.25. The molecule has 2 amide bonds. The Morgan fingerprint density at radius 1 is 1.27 bits per heavy atom. The van der Waals surface area contributed by atoms with Gasteiger partial charge < -0.3 is 25.6 Å². The van der Waals surface area contributed by atoms with Crippen molar-refractivity contribution in [2.75, 3.05) is 53.4 Å². The summed E-state index contributed by atoms with van der Waals surface area (Å²) >= 11 is 0. The highest BCUT2D eigenvalue weighted by atomic mass is 16.6. The van der Waals surface area contributed by atoms with Crippen LogP contribution in [0.3, 0.4) is 0 Å². The molecule has 0 radical (unpaired) electrons. The second-order valence-electron chi connectivity index (χ2n) is 9.05. The van der Waals surface area contributed by atoms with Crippen molar-refractivity contribution in [2.45, 2.75) is 59.1 Å². The van der Waals surface area contributed by atoms with Gasteiger partial charge in [-0.25, -0.2) is 4.79 Å². The number of likely N-dealkylation sites (tertiary alicyclic amines) is 1. The van der Waals surface area contributed by atoms with Crippen molar-refractivity contribution in [3.63, 3.8) is 0 Å². The molecule has 174 valence electrons. The quantitative estimate of drug-likeness (QED) is 0.399. The van der Waals surface area contributed by atoms with E-state index in [9.17, 15) is 9.59 Å². The minimum atomic E-state index is -0.495. The van der Waals surface area contributed by atoms with Crippen LogP contribution < -0.4 is 16.0 Å². The summed E-state index contributed by atoms with van der Waals surface area (Å²) in [6.07, 6.45) is 1.63. The molecule has 30 heavy (non-hydrogen) atoms. The van der Waals surface area contributed by atoms with E-state index in [0.29, 0.717) is 25.7 Å². The number of hydrogen-bond acceptors (Lipinski definition) is 5. The fourth-order valence-corrected chi connectivity index (χ4v) is 3.22. The van der Waals surface area contributed by atoms with Crippen LogP contribution in [0.4, 0.5) is 4.79 Å². The molecule has 1 aliphatic rings. The molecular formula is C21H42N6O3. The first kappa shape index (κ1) is 26.0. The number of amides is 2. The minimum absolute atomic E-state index is 0.0571. The van der Waals surface area contributed by atoms with Crippen LogP contribution in [0.1, 0.15) is 47.5 Å². The molecule has 0 aromatic carbocycles. The molecule has 1 atom stereocenters. The predicted molar refractivity (Wildman–Crippen MR) is 121 cm³/mol. The topological polar surface area (TPSA) is 98.3 Å². The van der Waals surface area contributed by atoms with Crippen LogP contribution in [0.15, 0.2) is 4.99 Å². The van der Waals surface area contributed by atoms with Gasteiger partial charge in [0.05, 0.1) is 6.54 Å². The lowest BCUT2D eigenvalue weighted by Gasteiger charge is -2.32. The SMILES string of the molecule is CCNC(=NCC(C)CN(C)C(=O)OC(C)(C)C)NC1CCN(CC(=O)NC)CC1. The summed E-state index contributed by atoms with van der Waals surface area (Å²) in [4.78, 5) is 32.1. The molecule has 0 aromatic rings. The van der Waals surface area contributed by atoms with E-state index < -0.39 is 5.60 Å². The van der Waals surface area contributed by atoms with Gasteiger partial charge in [0.25, 0.3) is 0 Å². The molecule has 1 aliphatic heterocycles. The van der Waals surface area contributed by atoms with E-state index in [2.05, 4.69) is 27.8 Å². The maximum absolute atomic E-state index is 12.1. The van der Waals surface area contributed by atoms with Gasteiger partial charge in [-0.1, -0.05) is 6.92 Å². The average molecular weight is 427 g/mol. The van der Waals surface area contributed by atoms with Gasteiger partial charge in [-0.05, 0) is 46.5 Å². The number of nitrogens with zero attached hydrogens (tertiary/aromatic N) is 3. The minimum Gasteiger partial charge on any atom is -0.444 e. The Hall–Kier alpha value is -2.03. The number of carbonyl (C=O) groups excluding carboxylic acids is 2. The first-order valence-corrected chi connectivity index (χ1v) is 11.0. The monoisotopic (exact) mass is 426 g/mol. The van der Waals surface area contributed by atoms with Gasteiger partial charge in [0.15, 0.2) is 5.96 Å². The van der Waals surface area contributed by atoms with Crippen molar-refractivity contribution >= 4 is 18.0 Å². The van der Waals surface area contributed by atoms with Crippen molar-refractivity contribution in [3.8, 4) is 0 Å². The lowest BCUT2D eigenvalue weighted by Crippen LogP contribution is -2.50. The van der Waals surface area contributed by atoms with Crippen LogP contribution in [0.5, 0.6) is 0 Å².